The van der Waals surface area contributed by atoms with Gasteiger partial charge in [-0.25, -0.2) is 0 Å². The van der Waals surface area contributed by atoms with Gasteiger partial charge in [-0.2, -0.15) is 15.0 Å². The molecule has 1 aromatic carbocycles. The van der Waals surface area contributed by atoms with Gasteiger partial charge in [-0.3, -0.25) is 9.59 Å². The van der Waals surface area contributed by atoms with E-state index in [0.29, 0.717) is 27.8 Å². The van der Waals surface area contributed by atoms with Crippen LogP contribution in [0.25, 0.3) is 22.2 Å². The topological polar surface area (TPSA) is 95.9 Å². The number of amides is 2. The molecule has 10 heteroatoms. The number of rotatable bonds is 3. The Labute approximate surface area is 177 Å². The first-order valence-corrected chi connectivity index (χ1v) is 9.87. The van der Waals surface area contributed by atoms with Crippen LogP contribution in [0.5, 0.6) is 0 Å². The molecule has 2 amide bonds. The maximum atomic E-state index is 12.4. The third-order valence-electron chi connectivity index (χ3n) is 5.19. The number of carbonyl (C=O) groups is 2. The Morgan fingerprint density at radius 2 is 2.14 bits per heavy atom. The van der Waals surface area contributed by atoms with Crippen LogP contribution in [0.1, 0.15) is 23.6 Å². The summed E-state index contributed by atoms with van der Waals surface area (Å²) in [6.45, 7) is 0.365. The molecule has 1 unspecified atom stereocenters. The van der Waals surface area contributed by atoms with E-state index in [9.17, 15) is 9.59 Å². The van der Waals surface area contributed by atoms with Crippen molar-refractivity contribution in [2.24, 2.45) is 7.05 Å². The van der Waals surface area contributed by atoms with Crippen LogP contribution in [0.3, 0.4) is 0 Å². The van der Waals surface area contributed by atoms with Crippen LogP contribution in [-0.4, -0.2) is 57.3 Å². The number of fused-ring (bicyclic) bond motifs is 3. The minimum absolute atomic E-state index is 0.0194. The quantitative estimate of drug-likeness (QED) is 0.661. The van der Waals surface area contributed by atoms with Crippen molar-refractivity contribution in [3.8, 4) is 11.3 Å². The number of benzene rings is 1. The van der Waals surface area contributed by atoms with Gasteiger partial charge >= 0.3 is 0 Å². The number of nitrogens with zero attached hydrogens (tertiary/aromatic N) is 4. The monoisotopic (exact) mass is 434 g/mol. The summed E-state index contributed by atoms with van der Waals surface area (Å²) in [6, 6.07) is 1.74. The van der Waals surface area contributed by atoms with Gasteiger partial charge in [-0.05, 0) is 11.6 Å². The molecule has 2 aromatic heterocycles. The Kier molecular flexibility index (Phi) is 5.00. The molecule has 3 aromatic rings. The average Bonchev–Trinajstić information content (AvgIpc) is 3.22. The molecule has 0 radical (unpaired) electrons. The number of halogens is 2. The van der Waals surface area contributed by atoms with E-state index in [-0.39, 0.29) is 30.6 Å². The van der Waals surface area contributed by atoms with Crippen molar-refractivity contribution >= 4 is 45.9 Å². The molecule has 8 nitrogen and oxygen atoms in total. The van der Waals surface area contributed by atoms with Crippen molar-refractivity contribution in [3.05, 3.63) is 33.6 Å². The van der Waals surface area contributed by atoms with Crippen LogP contribution >= 0.6 is 23.2 Å². The molecule has 0 saturated carbocycles. The second-order valence-electron chi connectivity index (χ2n) is 7.38. The molecular formula is C19H20Cl2N6O2. The van der Waals surface area contributed by atoms with E-state index in [1.54, 1.807) is 38.3 Å². The van der Waals surface area contributed by atoms with Crippen molar-refractivity contribution in [1.29, 1.82) is 0 Å². The Bertz CT molecular complexity index is 1130. The molecule has 1 aliphatic heterocycles. The average molecular weight is 435 g/mol. The number of aryl methyl sites for hydroxylation is 1. The molecule has 0 spiro atoms. The van der Waals surface area contributed by atoms with Gasteiger partial charge in [-0.1, -0.05) is 23.2 Å². The SMILES string of the molecule is CN(C)C(=O)CC1CNC(=O)Cc2c1[nH]c1c(Cl)c(Cl)cc(-c3cnn(C)n3)c21. The van der Waals surface area contributed by atoms with Crippen LogP contribution in [0, 0.1) is 0 Å². The van der Waals surface area contributed by atoms with Crippen molar-refractivity contribution in [3.63, 3.8) is 0 Å². The minimum Gasteiger partial charge on any atom is -0.357 e. The highest BCUT2D eigenvalue weighted by Gasteiger charge is 2.30. The zero-order chi connectivity index (χ0) is 20.9. The summed E-state index contributed by atoms with van der Waals surface area (Å²) in [5, 5.41) is 13.0. The summed E-state index contributed by atoms with van der Waals surface area (Å²) < 4.78 is 0. The van der Waals surface area contributed by atoms with Gasteiger partial charge in [0, 0.05) is 56.7 Å². The predicted molar refractivity (Wildman–Crippen MR) is 111 cm³/mol. The highest BCUT2D eigenvalue weighted by Crippen LogP contribution is 2.42. The van der Waals surface area contributed by atoms with E-state index in [4.69, 9.17) is 23.2 Å². The van der Waals surface area contributed by atoms with E-state index in [0.717, 1.165) is 22.2 Å². The van der Waals surface area contributed by atoms with E-state index < -0.39 is 0 Å². The minimum atomic E-state index is -0.205. The highest BCUT2D eigenvalue weighted by atomic mass is 35.5. The van der Waals surface area contributed by atoms with Gasteiger partial charge in [0.05, 0.1) is 28.2 Å². The number of hydrogen-bond donors (Lipinski definition) is 2. The number of aromatic amines is 1. The fraction of sp³-hybridized carbons (Fsp3) is 0.368. The zero-order valence-electron chi connectivity index (χ0n) is 16.2. The summed E-state index contributed by atoms with van der Waals surface area (Å²) in [4.78, 5) is 31.2. The van der Waals surface area contributed by atoms with Crippen molar-refractivity contribution in [2.75, 3.05) is 20.6 Å². The first-order valence-electron chi connectivity index (χ1n) is 9.12. The molecule has 2 N–H and O–H groups in total. The Morgan fingerprint density at radius 3 is 2.79 bits per heavy atom. The van der Waals surface area contributed by atoms with Gasteiger partial charge in [-0.15, -0.1) is 0 Å². The lowest BCUT2D eigenvalue weighted by molar-refractivity contribution is -0.129. The van der Waals surface area contributed by atoms with Crippen LogP contribution in [0.2, 0.25) is 10.0 Å². The Morgan fingerprint density at radius 1 is 1.38 bits per heavy atom. The van der Waals surface area contributed by atoms with E-state index in [2.05, 4.69) is 20.5 Å². The molecule has 3 heterocycles. The van der Waals surface area contributed by atoms with Crippen LogP contribution in [0.4, 0.5) is 0 Å². The first kappa shape index (κ1) is 19.7. The predicted octanol–water partition coefficient (Wildman–Crippen LogP) is 2.50. The molecule has 0 fully saturated rings. The molecular weight excluding hydrogens is 415 g/mol. The van der Waals surface area contributed by atoms with Gasteiger partial charge in [0.25, 0.3) is 0 Å². The number of hydrogen-bond acceptors (Lipinski definition) is 4. The fourth-order valence-corrected chi connectivity index (χ4v) is 4.13. The number of nitrogens with one attached hydrogen (secondary N) is 2. The fourth-order valence-electron chi connectivity index (χ4n) is 3.73. The van der Waals surface area contributed by atoms with E-state index in [1.807, 2.05) is 0 Å². The second-order valence-corrected chi connectivity index (χ2v) is 8.16. The van der Waals surface area contributed by atoms with Crippen molar-refractivity contribution in [2.45, 2.75) is 18.8 Å². The maximum absolute atomic E-state index is 12.4. The molecule has 152 valence electrons. The largest absolute Gasteiger partial charge is 0.357 e. The third kappa shape index (κ3) is 3.47. The smallest absolute Gasteiger partial charge is 0.224 e. The number of H-pyrrole nitrogens is 1. The Hall–Kier alpha value is -2.58. The van der Waals surface area contributed by atoms with Gasteiger partial charge < -0.3 is 15.2 Å². The second kappa shape index (κ2) is 7.35. The lowest BCUT2D eigenvalue weighted by Crippen LogP contribution is -2.30. The summed E-state index contributed by atoms with van der Waals surface area (Å²) in [7, 11) is 5.16. The summed E-state index contributed by atoms with van der Waals surface area (Å²) >= 11 is 12.9. The van der Waals surface area contributed by atoms with Gasteiger partial charge in [0.1, 0.15) is 5.69 Å². The van der Waals surface area contributed by atoms with Crippen LogP contribution in [0.15, 0.2) is 12.3 Å². The maximum Gasteiger partial charge on any atom is 0.224 e. The molecule has 0 saturated heterocycles. The van der Waals surface area contributed by atoms with Gasteiger partial charge in [0.2, 0.25) is 11.8 Å². The summed E-state index contributed by atoms with van der Waals surface area (Å²) in [5.74, 6) is -0.333. The lowest BCUT2D eigenvalue weighted by Gasteiger charge is -2.17. The highest BCUT2D eigenvalue weighted by molar-refractivity contribution is 6.45. The normalized spacial score (nSPS) is 16.4. The molecule has 29 heavy (non-hydrogen) atoms. The standard InChI is InChI=1S/C19H20Cl2N6O2/c1-26(2)15(29)4-9-7-22-14(28)6-11-16-10(13-8-23-27(3)25-13)5-12(20)17(21)19(16)24-18(9)11/h5,8-9,24H,4,6-7H2,1-3H3,(H,22,28). The third-order valence-corrected chi connectivity index (χ3v) is 5.98. The molecule has 0 aliphatic carbocycles. The van der Waals surface area contributed by atoms with Gasteiger partial charge in [0.15, 0.2) is 0 Å². The zero-order valence-corrected chi connectivity index (χ0v) is 17.7. The number of aromatic nitrogens is 4. The molecule has 1 atom stereocenters. The molecule has 4 rings (SSSR count). The molecule has 0 bridgehead atoms. The summed E-state index contributed by atoms with van der Waals surface area (Å²) in [5.41, 5.74) is 3.64. The van der Waals surface area contributed by atoms with E-state index >= 15 is 0 Å². The summed E-state index contributed by atoms with van der Waals surface area (Å²) in [6.07, 6.45) is 2.08. The van der Waals surface area contributed by atoms with Crippen LogP contribution in [-0.2, 0) is 23.1 Å². The van der Waals surface area contributed by atoms with Crippen molar-refractivity contribution in [1.82, 2.24) is 30.2 Å². The van der Waals surface area contributed by atoms with E-state index in [1.165, 1.54) is 4.80 Å². The van der Waals surface area contributed by atoms with Crippen LogP contribution < -0.4 is 5.32 Å². The lowest BCUT2D eigenvalue weighted by atomic mass is 9.94. The molecule has 1 aliphatic rings. The Balaban J connectivity index is 1.97. The first-order chi connectivity index (χ1) is 13.8. The van der Waals surface area contributed by atoms with Crippen molar-refractivity contribution < 1.29 is 9.59 Å². The number of carbonyl (C=O) groups excluding carboxylic acids is 2.